The molecule has 2 aromatic rings. The zero-order valence-electron chi connectivity index (χ0n) is 31.4. The number of hydrogen-bond acceptors (Lipinski definition) is 13. The van der Waals surface area contributed by atoms with E-state index in [9.17, 15) is 24.8 Å². The van der Waals surface area contributed by atoms with Crippen LogP contribution in [-0.4, -0.2) is 104 Å². The smallest absolute Gasteiger partial charge is 0.493 e. The monoisotopic (exact) mass is 737 g/mol. The zero-order valence-corrected chi connectivity index (χ0v) is 31.4. The summed E-state index contributed by atoms with van der Waals surface area (Å²) in [5.74, 6) is 1.43. The van der Waals surface area contributed by atoms with Gasteiger partial charge in [-0.3, -0.25) is 14.6 Å². The quantitative estimate of drug-likeness (QED) is 0.191. The molecule has 2 amide bonds. The van der Waals surface area contributed by atoms with Gasteiger partial charge in [0, 0.05) is 48.0 Å². The largest absolute Gasteiger partial charge is 0.511 e. The lowest BCUT2D eigenvalue weighted by molar-refractivity contribution is -0.123. The second-order valence-corrected chi connectivity index (χ2v) is 14.8. The van der Waals surface area contributed by atoms with Crippen LogP contribution >= 0.6 is 0 Å². The Morgan fingerprint density at radius 2 is 1.79 bits per heavy atom. The van der Waals surface area contributed by atoms with E-state index in [2.05, 4.69) is 32.6 Å². The number of piperazine rings is 1. The third-order valence-corrected chi connectivity index (χ3v) is 10.4. The molecule has 1 saturated heterocycles. The summed E-state index contributed by atoms with van der Waals surface area (Å²) < 4.78 is 40.2. The number of amides is 2. The number of carboxylic acid groups (broad SMARTS) is 1. The molecule has 4 heterocycles. The van der Waals surface area contributed by atoms with Crippen molar-refractivity contribution in [1.82, 2.24) is 20.4 Å². The van der Waals surface area contributed by atoms with Crippen LogP contribution in [0.15, 0.2) is 6.07 Å². The summed E-state index contributed by atoms with van der Waals surface area (Å²) in [7, 11) is 5.09. The lowest BCUT2D eigenvalue weighted by Crippen LogP contribution is -2.69. The van der Waals surface area contributed by atoms with Crippen LogP contribution in [0.5, 0.6) is 28.7 Å². The van der Waals surface area contributed by atoms with Gasteiger partial charge in [0.2, 0.25) is 12.7 Å². The van der Waals surface area contributed by atoms with Crippen molar-refractivity contribution in [3.8, 4) is 34.8 Å². The van der Waals surface area contributed by atoms with Crippen molar-refractivity contribution in [2.45, 2.75) is 96.2 Å². The van der Waals surface area contributed by atoms with E-state index in [0.29, 0.717) is 46.1 Å². The van der Waals surface area contributed by atoms with E-state index in [1.54, 1.807) is 41.7 Å². The Morgan fingerprint density at radius 1 is 1.08 bits per heavy atom. The van der Waals surface area contributed by atoms with Crippen LogP contribution in [0.2, 0.25) is 0 Å². The summed E-state index contributed by atoms with van der Waals surface area (Å²) in [6.45, 7) is 10.2. The molecule has 0 radical (unpaired) electrons. The van der Waals surface area contributed by atoms with Gasteiger partial charge >= 0.3 is 12.2 Å². The van der Waals surface area contributed by atoms with Crippen LogP contribution in [0.3, 0.4) is 0 Å². The first-order chi connectivity index (χ1) is 25.1. The molecule has 6 rings (SSSR count). The summed E-state index contributed by atoms with van der Waals surface area (Å²) in [6.07, 6.45) is -1.49. The third-order valence-electron chi connectivity index (χ3n) is 10.4. The zero-order chi connectivity index (χ0) is 38.5. The first kappa shape index (κ1) is 37.8. The number of nitriles is 1. The molecule has 3 N–H and O–H groups in total. The van der Waals surface area contributed by atoms with Gasteiger partial charge in [0.25, 0.3) is 0 Å². The lowest BCUT2D eigenvalue weighted by Gasteiger charge is -2.60. The molecule has 16 nitrogen and oxygen atoms in total. The molecule has 1 fully saturated rings. The molecule has 2 bridgehead atoms. The number of nitrogens with one attached hydrogen (secondary N) is 2. The molecule has 4 aliphatic rings. The van der Waals surface area contributed by atoms with Crippen molar-refractivity contribution in [3.05, 3.63) is 39.4 Å². The molecule has 53 heavy (non-hydrogen) atoms. The molecular weight excluding hydrogens is 690 g/mol. The standard InChI is InChI=1S/C37H47N5O11/c1-17-10-20-11-22-24(13-38)42-23(28(41(22)7)26(20)32(29(17)48-9)49-15-47-8)12-21-27(33-31(50-16-51-33)18(2)30(21)52-36(45)46)25(42)14-39-34(43)19(3)40-35(44)53-37(4,5)6/h10,19,22-25,28H,11-12,14-16H2,1-9H3,(H,39,43)(H,40,44)(H,45,46)/t19-,22-,23?,24-,25-,28+/m0/s1. The average Bonchev–Trinajstić information content (AvgIpc) is 3.57. The molecule has 0 aromatic heterocycles. The number of ether oxygens (including phenoxy) is 7. The maximum atomic E-state index is 13.6. The number of carbonyl (C=O) groups is 3. The highest BCUT2D eigenvalue weighted by Gasteiger charge is 2.57. The van der Waals surface area contributed by atoms with E-state index in [4.69, 9.17) is 33.2 Å². The number of hydrogen-bond donors (Lipinski definition) is 3. The molecular formula is C37H47N5O11. The first-order valence-corrected chi connectivity index (χ1v) is 17.5. The molecule has 0 saturated carbocycles. The number of methoxy groups -OCH3 is 2. The van der Waals surface area contributed by atoms with Gasteiger partial charge in [-0.05, 0) is 72.6 Å². The summed E-state index contributed by atoms with van der Waals surface area (Å²) in [4.78, 5) is 42.6. The Labute approximate surface area is 308 Å². The highest BCUT2D eigenvalue weighted by molar-refractivity contribution is 5.85. The van der Waals surface area contributed by atoms with Gasteiger partial charge in [-0.25, -0.2) is 9.59 Å². The fourth-order valence-corrected chi connectivity index (χ4v) is 8.39. The number of aryl methyl sites for hydroxylation is 1. The number of alkyl carbamates (subject to hydrolysis) is 1. The summed E-state index contributed by atoms with van der Waals surface area (Å²) in [6, 6.07) is 1.11. The van der Waals surface area contributed by atoms with Gasteiger partial charge in [-0.15, -0.1) is 0 Å². The van der Waals surface area contributed by atoms with Crippen molar-refractivity contribution < 1.29 is 52.6 Å². The van der Waals surface area contributed by atoms with Crippen molar-refractivity contribution >= 4 is 18.2 Å². The van der Waals surface area contributed by atoms with Gasteiger partial charge in [0.1, 0.15) is 23.4 Å². The van der Waals surface area contributed by atoms with Gasteiger partial charge in [-0.2, -0.15) is 5.26 Å². The second kappa shape index (κ2) is 14.4. The highest BCUT2D eigenvalue weighted by Crippen LogP contribution is 2.58. The first-order valence-electron chi connectivity index (χ1n) is 17.5. The van der Waals surface area contributed by atoms with Crippen molar-refractivity contribution in [2.75, 3.05) is 41.4 Å². The van der Waals surface area contributed by atoms with Crippen LogP contribution < -0.4 is 34.3 Å². The molecule has 16 heteroatoms. The third kappa shape index (κ3) is 6.73. The fraction of sp³-hybridized carbons (Fsp3) is 0.568. The summed E-state index contributed by atoms with van der Waals surface area (Å²) in [5, 5.41) is 26.4. The topological polar surface area (TPSA) is 190 Å². The van der Waals surface area contributed by atoms with Crippen LogP contribution in [-0.2, 0) is 27.1 Å². The van der Waals surface area contributed by atoms with Crippen LogP contribution in [0.1, 0.15) is 73.2 Å². The van der Waals surface area contributed by atoms with Crippen molar-refractivity contribution in [2.24, 2.45) is 0 Å². The Kier molecular flexibility index (Phi) is 10.3. The predicted molar refractivity (Wildman–Crippen MR) is 188 cm³/mol. The van der Waals surface area contributed by atoms with Gasteiger partial charge in [-0.1, -0.05) is 6.07 Å². The molecule has 6 atom stereocenters. The lowest BCUT2D eigenvalue weighted by atomic mass is 9.71. The van der Waals surface area contributed by atoms with Crippen molar-refractivity contribution in [1.29, 1.82) is 5.26 Å². The number of benzene rings is 2. The van der Waals surface area contributed by atoms with Gasteiger partial charge < -0.3 is 48.9 Å². The number of rotatable bonds is 9. The van der Waals surface area contributed by atoms with E-state index in [0.717, 1.165) is 16.7 Å². The SMILES string of the molecule is COCOc1c(OC)c(C)cc2c1[C@H]1C3Cc4c(OC(=O)O)c(C)c5c(c4[C@H](CNC(=O)[C@H](C)NC(=O)OC(C)(C)C)N3[C@@H](C#N)[C@H](C2)N1C)OCO5. The maximum absolute atomic E-state index is 13.6. The summed E-state index contributed by atoms with van der Waals surface area (Å²) in [5.41, 5.74) is 3.55. The second-order valence-electron chi connectivity index (χ2n) is 14.8. The maximum Gasteiger partial charge on any atom is 0.511 e. The number of fused-ring (bicyclic) bond motifs is 9. The number of nitrogens with zero attached hydrogens (tertiary/aromatic N) is 3. The normalized spacial score (nSPS) is 23.4. The minimum Gasteiger partial charge on any atom is -0.493 e. The van der Waals surface area contributed by atoms with E-state index in [1.807, 2.05) is 14.0 Å². The molecule has 2 aromatic carbocycles. The molecule has 286 valence electrons. The minimum absolute atomic E-state index is 0.0341. The number of likely N-dealkylation sites (N-methyl/N-ethyl adjacent to an activating group) is 1. The molecule has 0 aliphatic carbocycles. The van der Waals surface area contributed by atoms with Crippen molar-refractivity contribution in [3.63, 3.8) is 0 Å². The fourth-order valence-electron chi connectivity index (χ4n) is 8.39. The Bertz CT molecular complexity index is 1850. The van der Waals surface area contributed by atoms with Gasteiger partial charge in [0.15, 0.2) is 29.8 Å². The highest BCUT2D eigenvalue weighted by atomic mass is 16.7. The van der Waals surface area contributed by atoms with E-state index >= 15 is 0 Å². The van der Waals surface area contributed by atoms with E-state index in [1.165, 1.54) is 7.11 Å². The van der Waals surface area contributed by atoms with Crippen LogP contribution in [0, 0.1) is 25.2 Å². The number of carbonyl (C=O) groups excluding carboxylic acids is 2. The van der Waals surface area contributed by atoms with Crippen LogP contribution in [0.4, 0.5) is 9.59 Å². The Morgan fingerprint density at radius 3 is 2.43 bits per heavy atom. The Balaban J connectivity index is 1.51. The van der Waals surface area contributed by atoms with Crippen LogP contribution in [0.25, 0.3) is 0 Å². The average molecular weight is 738 g/mol. The molecule has 1 unspecified atom stereocenters. The van der Waals surface area contributed by atoms with E-state index < -0.39 is 54.0 Å². The molecule has 0 spiro atoms. The minimum atomic E-state index is -1.50. The molecule has 4 aliphatic heterocycles. The Hall–Kier alpha value is -4.98. The van der Waals surface area contributed by atoms with E-state index in [-0.39, 0.29) is 38.3 Å². The van der Waals surface area contributed by atoms with Gasteiger partial charge in [0.05, 0.1) is 25.3 Å². The predicted octanol–water partition coefficient (Wildman–Crippen LogP) is 3.88. The summed E-state index contributed by atoms with van der Waals surface area (Å²) >= 11 is 0.